The molecular weight excluding hydrogens is 256 g/mol. The summed E-state index contributed by atoms with van der Waals surface area (Å²) in [6.07, 6.45) is 1.04. The lowest BCUT2D eigenvalue weighted by molar-refractivity contribution is 0.155. The number of rotatable bonds is 4. The highest BCUT2D eigenvalue weighted by atomic mass is 16.5. The number of carbonyl (C=O) groups is 1. The Hall–Kier alpha value is -2.56. The van der Waals surface area contributed by atoms with E-state index in [1.165, 1.54) is 10.6 Å². The molecule has 0 saturated heterocycles. The molecule has 0 radical (unpaired) electrons. The maximum Gasteiger partial charge on any atom is 0.412 e. The number of ether oxygens (including phenoxy) is 1. The number of hydrogen-bond acceptors (Lipinski definition) is 3. The number of aryl methyl sites for hydroxylation is 1. The predicted molar refractivity (Wildman–Crippen MR) is 76.6 cm³/mol. The van der Waals surface area contributed by atoms with Crippen molar-refractivity contribution >= 4 is 11.8 Å². The van der Waals surface area contributed by atoms with E-state index in [1.807, 2.05) is 37.3 Å². The molecule has 0 aliphatic carbocycles. The van der Waals surface area contributed by atoms with Gasteiger partial charge in [-0.3, -0.25) is 10.1 Å². The molecule has 0 bridgehead atoms. The van der Waals surface area contributed by atoms with Gasteiger partial charge in [-0.05, 0) is 18.6 Å². The number of aromatic nitrogens is 1. The van der Waals surface area contributed by atoms with Gasteiger partial charge in [-0.1, -0.05) is 30.3 Å². The Bertz CT molecular complexity index is 635. The fourth-order valence-corrected chi connectivity index (χ4v) is 1.73. The lowest BCUT2D eigenvalue weighted by Gasteiger charge is -2.08. The van der Waals surface area contributed by atoms with Gasteiger partial charge < -0.3 is 9.30 Å². The number of amides is 1. The zero-order valence-electron chi connectivity index (χ0n) is 11.2. The minimum atomic E-state index is -0.546. The van der Waals surface area contributed by atoms with Crippen molar-refractivity contribution in [2.45, 2.75) is 20.1 Å². The second-order valence-electron chi connectivity index (χ2n) is 4.23. The third-order valence-corrected chi connectivity index (χ3v) is 2.78. The first kappa shape index (κ1) is 13.9. The van der Waals surface area contributed by atoms with Gasteiger partial charge in [0.15, 0.2) is 0 Å². The summed E-state index contributed by atoms with van der Waals surface area (Å²) in [5, 5.41) is 2.59. The molecule has 0 aliphatic heterocycles. The Balaban J connectivity index is 1.93. The van der Waals surface area contributed by atoms with Crippen LogP contribution >= 0.6 is 0 Å². The number of nitrogens with zero attached hydrogens (tertiary/aromatic N) is 1. The summed E-state index contributed by atoms with van der Waals surface area (Å²) >= 11 is 0. The third kappa shape index (κ3) is 3.71. The molecule has 0 fully saturated rings. The highest BCUT2D eigenvalue weighted by Gasteiger charge is 2.04. The number of pyridine rings is 1. The van der Waals surface area contributed by atoms with Gasteiger partial charge >= 0.3 is 6.09 Å². The van der Waals surface area contributed by atoms with E-state index < -0.39 is 6.09 Å². The lowest BCUT2D eigenvalue weighted by atomic mass is 10.2. The average molecular weight is 272 g/mol. The van der Waals surface area contributed by atoms with Crippen LogP contribution in [0, 0.1) is 0 Å². The van der Waals surface area contributed by atoms with Gasteiger partial charge in [0.1, 0.15) is 6.61 Å². The number of benzene rings is 1. The quantitative estimate of drug-likeness (QED) is 0.930. The van der Waals surface area contributed by atoms with Crippen molar-refractivity contribution in [3.8, 4) is 0 Å². The average Bonchev–Trinajstić information content (AvgIpc) is 2.48. The molecule has 0 aliphatic rings. The number of hydrogen-bond donors (Lipinski definition) is 1. The molecule has 0 spiro atoms. The van der Waals surface area contributed by atoms with Crippen LogP contribution in [0.15, 0.2) is 53.5 Å². The van der Waals surface area contributed by atoms with Crippen LogP contribution in [0.4, 0.5) is 10.5 Å². The summed E-state index contributed by atoms with van der Waals surface area (Å²) in [5.41, 5.74) is 1.35. The van der Waals surface area contributed by atoms with E-state index in [1.54, 1.807) is 12.3 Å². The molecule has 5 heteroatoms. The van der Waals surface area contributed by atoms with E-state index in [0.717, 1.165) is 5.56 Å². The maximum atomic E-state index is 11.6. The Morgan fingerprint density at radius 1 is 1.20 bits per heavy atom. The van der Waals surface area contributed by atoms with Crippen molar-refractivity contribution in [2.24, 2.45) is 0 Å². The minimum absolute atomic E-state index is 0.101. The Morgan fingerprint density at radius 3 is 2.65 bits per heavy atom. The van der Waals surface area contributed by atoms with Crippen molar-refractivity contribution in [3.63, 3.8) is 0 Å². The predicted octanol–water partition coefficient (Wildman–Crippen LogP) is 2.62. The number of nitrogens with one attached hydrogen (secondary N) is 1. The minimum Gasteiger partial charge on any atom is -0.444 e. The number of carbonyl (C=O) groups excluding carboxylic acids is 1. The van der Waals surface area contributed by atoms with Gasteiger partial charge in [0.25, 0.3) is 5.56 Å². The molecule has 0 saturated carbocycles. The van der Waals surface area contributed by atoms with Crippen LogP contribution < -0.4 is 10.9 Å². The first-order valence-electron chi connectivity index (χ1n) is 6.37. The Kier molecular flexibility index (Phi) is 4.55. The fraction of sp³-hybridized carbons (Fsp3) is 0.200. The lowest BCUT2D eigenvalue weighted by Crippen LogP contribution is -2.20. The van der Waals surface area contributed by atoms with Gasteiger partial charge in [0.2, 0.25) is 0 Å². The summed E-state index contributed by atoms with van der Waals surface area (Å²) in [4.78, 5) is 23.1. The van der Waals surface area contributed by atoms with Crippen LogP contribution in [0.1, 0.15) is 12.5 Å². The molecule has 1 aromatic heterocycles. The van der Waals surface area contributed by atoms with E-state index in [4.69, 9.17) is 4.74 Å². The van der Waals surface area contributed by atoms with E-state index in [2.05, 4.69) is 5.32 Å². The molecule has 20 heavy (non-hydrogen) atoms. The van der Waals surface area contributed by atoms with Crippen molar-refractivity contribution in [1.29, 1.82) is 0 Å². The smallest absolute Gasteiger partial charge is 0.412 e. The third-order valence-electron chi connectivity index (χ3n) is 2.78. The van der Waals surface area contributed by atoms with E-state index in [9.17, 15) is 9.59 Å². The molecule has 1 aromatic carbocycles. The van der Waals surface area contributed by atoms with Gasteiger partial charge in [-0.25, -0.2) is 4.79 Å². The van der Waals surface area contributed by atoms with Gasteiger partial charge in [-0.2, -0.15) is 0 Å². The highest BCUT2D eigenvalue weighted by Crippen LogP contribution is 2.06. The molecular formula is C15H16N2O3. The monoisotopic (exact) mass is 272 g/mol. The van der Waals surface area contributed by atoms with Crippen LogP contribution in [-0.4, -0.2) is 10.7 Å². The molecule has 0 atom stereocenters. The first-order valence-corrected chi connectivity index (χ1v) is 6.37. The van der Waals surface area contributed by atoms with Crippen molar-refractivity contribution < 1.29 is 9.53 Å². The van der Waals surface area contributed by atoms with Gasteiger partial charge in [0, 0.05) is 18.8 Å². The summed E-state index contributed by atoms with van der Waals surface area (Å²) in [7, 11) is 0. The second-order valence-corrected chi connectivity index (χ2v) is 4.23. The van der Waals surface area contributed by atoms with E-state index >= 15 is 0 Å². The molecule has 1 heterocycles. The van der Waals surface area contributed by atoms with E-state index in [-0.39, 0.29) is 12.2 Å². The topological polar surface area (TPSA) is 60.3 Å². The van der Waals surface area contributed by atoms with Crippen LogP contribution in [0.25, 0.3) is 0 Å². The van der Waals surface area contributed by atoms with Crippen molar-refractivity contribution in [3.05, 3.63) is 64.6 Å². The first-order chi connectivity index (χ1) is 9.69. The van der Waals surface area contributed by atoms with Gasteiger partial charge in [0.05, 0.1) is 5.69 Å². The Labute approximate surface area is 116 Å². The summed E-state index contributed by atoms with van der Waals surface area (Å²) in [6.45, 7) is 2.62. The molecule has 2 rings (SSSR count). The summed E-state index contributed by atoms with van der Waals surface area (Å²) < 4.78 is 6.61. The molecule has 0 unspecified atom stereocenters. The SMILES string of the molecule is CCn1cc(NC(=O)OCc2ccccc2)ccc1=O. The van der Waals surface area contributed by atoms with Crippen molar-refractivity contribution in [1.82, 2.24) is 4.57 Å². The highest BCUT2D eigenvalue weighted by molar-refractivity contribution is 5.84. The summed E-state index contributed by atoms with van der Waals surface area (Å²) in [6, 6.07) is 12.4. The van der Waals surface area contributed by atoms with Gasteiger partial charge in [-0.15, -0.1) is 0 Å². The second kappa shape index (κ2) is 6.56. The van der Waals surface area contributed by atoms with Crippen LogP contribution in [0.5, 0.6) is 0 Å². The summed E-state index contributed by atoms with van der Waals surface area (Å²) in [5.74, 6) is 0. The van der Waals surface area contributed by atoms with E-state index in [0.29, 0.717) is 12.2 Å². The van der Waals surface area contributed by atoms with Crippen molar-refractivity contribution in [2.75, 3.05) is 5.32 Å². The standard InChI is InChI=1S/C15H16N2O3/c1-2-17-10-13(8-9-14(17)18)16-15(19)20-11-12-6-4-3-5-7-12/h3-10H,2,11H2,1H3,(H,16,19). The molecule has 104 valence electrons. The normalized spacial score (nSPS) is 10.1. The molecule has 1 amide bonds. The largest absolute Gasteiger partial charge is 0.444 e. The zero-order chi connectivity index (χ0) is 14.4. The van der Waals surface area contributed by atoms with Crippen LogP contribution in [-0.2, 0) is 17.9 Å². The fourth-order valence-electron chi connectivity index (χ4n) is 1.73. The zero-order valence-corrected chi connectivity index (χ0v) is 11.2. The maximum absolute atomic E-state index is 11.6. The number of anilines is 1. The molecule has 2 aromatic rings. The molecule has 1 N–H and O–H groups in total. The van der Waals surface area contributed by atoms with Crippen LogP contribution in [0.3, 0.4) is 0 Å². The van der Waals surface area contributed by atoms with Crippen LogP contribution in [0.2, 0.25) is 0 Å². The Morgan fingerprint density at radius 2 is 1.95 bits per heavy atom. The molecule has 5 nitrogen and oxygen atoms in total.